The number of para-hydroxylation sites is 1. The van der Waals surface area contributed by atoms with Gasteiger partial charge in [-0.1, -0.05) is 0 Å². The van der Waals surface area contributed by atoms with Gasteiger partial charge in [-0.2, -0.15) is 0 Å². The Labute approximate surface area is 208 Å². The first kappa shape index (κ1) is 21.2. The van der Waals surface area contributed by atoms with Crippen LogP contribution in [0.25, 0.3) is 22.0 Å². The summed E-state index contributed by atoms with van der Waals surface area (Å²) in [4.78, 5) is 5.21. The minimum atomic E-state index is -0.677. The van der Waals surface area contributed by atoms with Crippen molar-refractivity contribution in [2.45, 2.75) is 0 Å². The Kier molecular flexibility index (Phi) is 6.55. The van der Waals surface area contributed by atoms with Crippen LogP contribution < -0.4 is 14.6 Å². The Morgan fingerprint density at radius 1 is 0.625 bits per heavy atom. The molecule has 0 saturated heterocycles. The van der Waals surface area contributed by atoms with Crippen molar-refractivity contribution in [2.24, 2.45) is 0 Å². The van der Waals surface area contributed by atoms with E-state index in [1.807, 2.05) is 12.1 Å². The van der Waals surface area contributed by atoms with E-state index in [4.69, 9.17) is 4.98 Å². The zero-order valence-corrected chi connectivity index (χ0v) is 21.8. The normalized spacial score (nSPS) is 10.7. The Morgan fingerprint density at radius 3 is 1.88 bits per heavy atom. The van der Waals surface area contributed by atoms with Crippen LogP contribution in [0.5, 0.6) is 0 Å². The molecule has 0 fully saturated rings. The third-order valence-corrected chi connectivity index (χ3v) is 11.1. The molecule has 5 rings (SSSR count). The summed E-state index contributed by atoms with van der Waals surface area (Å²) in [6.45, 7) is 0. The van der Waals surface area contributed by atoms with Gasteiger partial charge in [-0.05, 0) is 0 Å². The SMILES string of the molecule is N#Cc1ccc(-c2c([Te]c3ccccc3)nc3ccccc3c2[Te]c2ccccc2)cc1. The van der Waals surface area contributed by atoms with E-state index in [0.717, 1.165) is 11.1 Å². The number of benzene rings is 4. The third kappa shape index (κ3) is 4.59. The predicted molar refractivity (Wildman–Crippen MR) is 135 cm³/mol. The van der Waals surface area contributed by atoms with Crippen molar-refractivity contribution in [1.82, 2.24) is 4.98 Å². The summed E-state index contributed by atoms with van der Waals surface area (Å²) in [5.74, 6) is 0. The van der Waals surface area contributed by atoms with Gasteiger partial charge in [-0.3, -0.25) is 0 Å². The number of nitriles is 1. The zero-order chi connectivity index (χ0) is 21.8. The molecule has 0 radical (unpaired) electrons. The van der Waals surface area contributed by atoms with Gasteiger partial charge < -0.3 is 0 Å². The third-order valence-electron chi connectivity index (χ3n) is 5.04. The number of rotatable bonds is 5. The van der Waals surface area contributed by atoms with Crippen LogP contribution in [0.4, 0.5) is 0 Å². The van der Waals surface area contributed by atoms with Crippen LogP contribution in [0.2, 0.25) is 0 Å². The van der Waals surface area contributed by atoms with Crippen LogP contribution >= 0.6 is 0 Å². The molecule has 0 saturated carbocycles. The number of hydrogen-bond acceptors (Lipinski definition) is 2. The minimum absolute atomic E-state index is 0.637. The van der Waals surface area contributed by atoms with Gasteiger partial charge in [0.1, 0.15) is 0 Å². The van der Waals surface area contributed by atoms with Gasteiger partial charge in [-0.25, -0.2) is 0 Å². The second-order valence-electron chi connectivity index (χ2n) is 7.16. The van der Waals surface area contributed by atoms with Gasteiger partial charge >= 0.3 is 210 Å². The molecule has 32 heavy (non-hydrogen) atoms. The van der Waals surface area contributed by atoms with Gasteiger partial charge in [0.2, 0.25) is 0 Å². The summed E-state index contributed by atoms with van der Waals surface area (Å²) >= 11 is -1.31. The van der Waals surface area contributed by atoms with Crippen LogP contribution in [-0.2, 0) is 0 Å². The fourth-order valence-corrected chi connectivity index (χ4v) is 10.2. The zero-order valence-electron chi connectivity index (χ0n) is 17.1. The molecule has 0 spiro atoms. The maximum atomic E-state index is 9.29. The number of aromatic nitrogens is 1. The molecule has 0 aliphatic heterocycles. The average Bonchev–Trinajstić information content (AvgIpc) is 2.85. The standard InChI is InChI=1S/C28H18N2Te2/c29-19-20-15-17-21(18-16-20)26-27(31-22-9-3-1-4-10-22)24-13-7-8-14-25(24)30-28(26)32-23-11-5-2-6-12-23/h1-18H. The maximum absolute atomic E-state index is 9.29. The second kappa shape index (κ2) is 9.88. The molecule has 4 heteroatoms. The monoisotopic (exact) mass is 642 g/mol. The van der Waals surface area contributed by atoms with Gasteiger partial charge in [0.25, 0.3) is 0 Å². The Morgan fingerprint density at radius 2 is 1.22 bits per heavy atom. The van der Waals surface area contributed by atoms with Crippen molar-refractivity contribution in [3.63, 3.8) is 0 Å². The first-order valence-corrected chi connectivity index (χ1v) is 14.9. The summed E-state index contributed by atoms with van der Waals surface area (Å²) in [7, 11) is 0. The van der Waals surface area contributed by atoms with E-state index in [2.05, 4.69) is 103 Å². The van der Waals surface area contributed by atoms with Crippen molar-refractivity contribution < 1.29 is 0 Å². The van der Waals surface area contributed by atoms with Gasteiger partial charge in [-0.15, -0.1) is 0 Å². The molecule has 0 N–H and O–H groups in total. The first-order chi connectivity index (χ1) is 15.8. The summed E-state index contributed by atoms with van der Waals surface area (Å²) in [6.07, 6.45) is 0. The van der Waals surface area contributed by atoms with Crippen molar-refractivity contribution in [3.05, 3.63) is 115 Å². The Hall–Kier alpha value is -2.64. The van der Waals surface area contributed by atoms with E-state index in [1.165, 1.54) is 25.5 Å². The fraction of sp³-hybridized carbons (Fsp3) is 0. The van der Waals surface area contributed by atoms with E-state index in [9.17, 15) is 5.26 Å². The second-order valence-corrected chi connectivity index (χ2v) is 13.3. The van der Waals surface area contributed by atoms with Crippen molar-refractivity contribution in [1.29, 1.82) is 5.26 Å². The Balaban J connectivity index is 1.77. The molecule has 1 heterocycles. The van der Waals surface area contributed by atoms with E-state index >= 15 is 0 Å². The molecular formula is C28H18N2Te2. The molecule has 1 aromatic heterocycles. The number of pyridine rings is 1. The molecule has 0 aliphatic carbocycles. The predicted octanol–water partition coefficient (Wildman–Crippen LogP) is 3.08. The van der Waals surface area contributed by atoms with E-state index in [1.54, 1.807) is 0 Å². The molecular weight excluding hydrogens is 620 g/mol. The molecule has 152 valence electrons. The van der Waals surface area contributed by atoms with Crippen LogP contribution in [0.1, 0.15) is 5.56 Å². The molecule has 0 atom stereocenters. The van der Waals surface area contributed by atoms with Crippen LogP contribution in [-0.4, -0.2) is 46.8 Å². The fourth-order valence-electron chi connectivity index (χ4n) is 3.51. The topological polar surface area (TPSA) is 36.7 Å². The summed E-state index contributed by atoms with van der Waals surface area (Å²) in [5.41, 5.74) is 4.21. The molecule has 0 aliphatic rings. The van der Waals surface area contributed by atoms with Crippen molar-refractivity contribution in [3.8, 4) is 17.2 Å². The summed E-state index contributed by atoms with van der Waals surface area (Å²) in [6, 6.07) is 40.4. The quantitative estimate of drug-likeness (QED) is 0.278. The van der Waals surface area contributed by atoms with E-state index in [0.29, 0.717) is 5.56 Å². The van der Waals surface area contributed by atoms with Crippen LogP contribution in [0.3, 0.4) is 0 Å². The van der Waals surface area contributed by atoms with Gasteiger partial charge in [0.05, 0.1) is 0 Å². The van der Waals surface area contributed by atoms with Gasteiger partial charge in [0.15, 0.2) is 0 Å². The molecule has 0 bridgehead atoms. The van der Waals surface area contributed by atoms with Crippen LogP contribution in [0, 0.1) is 11.3 Å². The molecule has 5 aromatic rings. The first-order valence-electron chi connectivity index (χ1n) is 10.2. The Bertz CT molecular complexity index is 1410. The van der Waals surface area contributed by atoms with Crippen molar-refractivity contribution >= 4 is 67.3 Å². The van der Waals surface area contributed by atoms with E-state index in [-0.39, 0.29) is 0 Å². The molecule has 2 nitrogen and oxygen atoms in total. The van der Waals surface area contributed by atoms with Gasteiger partial charge in [0, 0.05) is 0 Å². The summed E-state index contributed by atoms with van der Waals surface area (Å²) in [5, 5.41) is 10.5. The molecule has 4 aromatic carbocycles. The number of fused-ring (bicyclic) bond motifs is 1. The number of nitrogens with zero attached hydrogens (tertiary/aromatic N) is 2. The average molecular weight is 638 g/mol. The van der Waals surface area contributed by atoms with E-state index < -0.39 is 41.8 Å². The molecule has 0 unspecified atom stereocenters. The van der Waals surface area contributed by atoms with Crippen molar-refractivity contribution in [2.75, 3.05) is 0 Å². The number of hydrogen-bond donors (Lipinski definition) is 0. The summed E-state index contributed by atoms with van der Waals surface area (Å²) < 4.78 is 5.45. The molecule has 0 amide bonds. The van der Waals surface area contributed by atoms with Crippen LogP contribution in [0.15, 0.2) is 109 Å².